The Morgan fingerprint density at radius 3 is 2.89 bits per heavy atom. The van der Waals surface area contributed by atoms with E-state index in [-0.39, 0.29) is 6.04 Å². The topological polar surface area (TPSA) is 38.0 Å². The minimum atomic E-state index is 0.135. The van der Waals surface area contributed by atoms with Crippen LogP contribution in [0.5, 0.6) is 0 Å². The summed E-state index contributed by atoms with van der Waals surface area (Å²) in [6.45, 7) is 0. The lowest BCUT2D eigenvalue weighted by atomic mass is 10.0. The third-order valence-corrected chi connectivity index (χ3v) is 4.79. The van der Waals surface area contributed by atoms with Crippen molar-refractivity contribution in [2.75, 3.05) is 0 Å². The molecule has 0 saturated heterocycles. The third kappa shape index (κ3) is 3.68. The summed E-state index contributed by atoms with van der Waals surface area (Å²) in [6, 6.07) is 8.20. The fraction of sp³-hybridized carbons (Fsp3) is 0.231. The van der Waals surface area contributed by atoms with Crippen molar-refractivity contribution < 1.29 is 0 Å². The summed E-state index contributed by atoms with van der Waals surface area (Å²) in [5.41, 5.74) is 5.41. The minimum Gasteiger partial charge on any atom is -0.271 e. The van der Waals surface area contributed by atoms with Crippen molar-refractivity contribution in [3.63, 3.8) is 0 Å². The molecule has 0 fully saturated rings. The first-order valence-electron chi connectivity index (χ1n) is 5.63. The Morgan fingerprint density at radius 1 is 1.39 bits per heavy atom. The first kappa shape index (κ1) is 14.3. The quantitative estimate of drug-likeness (QED) is 0.456. The SMILES string of the molecule is NNC(CCc1ccsc1)c1cc(Cl)ccc1I. The fourth-order valence-electron chi connectivity index (χ4n) is 1.86. The summed E-state index contributed by atoms with van der Waals surface area (Å²) in [5, 5.41) is 5.03. The van der Waals surface area contributed by atoms with Gasteiger partial charge >= 0.3 is 0 Å². The highest BCUT2D eigenvalue weighted by Crippen LogP contribution is 2.26. The van der Waals surface area contributed by atoms with Crippen LogP contribution in [-0.2, 0) is 6.42 Å². The van der Waals surface area contributed by atoms with Gasteiger partial charge in [-0.25, -0.2) is 0 Å². The van der Waals surface area contributed by atoms with Crippen molar-refractivity contribution in [1.82, 2.24) is 5.43 Å². The van der Waals surface area contributed by atoms with Crippen LogP contribution >= 0.6 is 45.5 Å². The number of rotatable bonds is 5. The maximum Gasteiger partial charge on any atom is 0.0474 e. The Hall–Kier alpha value is -0.140. The lowest BCUT2D eigenvalue weighted by Crippen LogP contribution is -2.29. The van der Waals surface area contributed by atoms with E-state index < -0.39 is 0 Å². The Kier molecular flexibility index (Phi) is 5.44. The summed E-state index contributed by atoms with van der Waals surface area (Å²) in [6.07, 6.45) is 1.98. The van der Waals surface area contributed by atoms with E-state index in [1.165, 1.54) is 14.7 Å². The predicted octanol–water partition coefficient (Wildman–Crippen LogP) is 4.14. The molecule has 5 heteroatoms. The molecule has 96 valence electrons. The van der Waals surface area contributed by atoms with Crippen molar-refractivity contribution in [2.24, 2.45) is 5.84 Å². The predicted molar refractivity (Wildman–Crippen MR) is 86.9 cm³/mol. The van der Waals surface area contributed by atoms with E-state index in [1.54, 1.807) is 11.3 Å². The molecule has 1 unspecified atom stereocenters. The van der Waals surface area contributed by atoms with Gasteiger partial charge in [0.1, 0.15) is 0 Å². The molecular formula is C13H14ClIN2S. The maximum absolute atomic E-state index is 6.05. The van der Waals surface area contributed by atoms with Crippen molar-refractivity contribution in [2.45, 2.75) is 18.9 Å². The molecular weight excluding hydrogens is 379 g/mol. The highest BCUT2D eigenvalue weighted by Gasteiger charge is 2.13. The van der Waals surface area contributed by atoms with Crippen LogP contribution in [0.4, 0.5) is 0 Å². The van der Waals surface area contributed by atoms with Gasteiger partial charge in [0, 0.05) is 14.6 Å². The molecule has 0 aliphatic carbocycles. The molecule has 1 atom stereocenters. The number of hydrogen-bond donors (Lipinski definition) is 2. The Labute approximate surface area is 130 Å². The van der Waals surface area contributed by atoms with Gasteiger partial charge in [0.25, 0.3) is 0 Å². The molecule has 0 amide bonds. The number of hydrogen-bond acceptors (Lipinski definition) is 3. The zero-order valence-electron chi connectivity index (χ0n) is 9.70. The molecule has 0 radical (unpaired) electrons. The monoisotopic (exact) mass is 392 g/mol. The Morgan fingerprint density at radius 2 is 2.22 bits per heavy atom. The molecule has 18 heavy (non-hydrogen) atoms. The van der Waals surface area contributed by atoms with Crippen LogP contribution in [-0.4, -0.2) is 0 Å². The van der Waals surface area contributed by atoms with Gasteiger partial charge in [-0.05, 0) is 81.6 Å². The van der Waals surface area contributed by atoms with Crippen molar-refractivity contribution in [1.29, 1.82) is 0 Å². The number of hydrazine groups is 1. The highest BCUT2D eigenvalue weighted by atomic mass is 127. The fourth-order valence-corrected chi connectivity index (χ4v) is 3.45. The van der Waals surface area contributed by atoms with Crippen molar-refractivity contribution >= 4 is 45.5 Å². The number of nitrogens with one attached hydrogen (secondary N) is 1. The average Bonchev–Trinajstić information content (AvgIpc) is 2.87. The summed E-state index contributed by atoms with van der Waals surface area (Å²) in [4.78, 5) is 0. The summed E-state index contributed by atoms with van der Waals surface area (Å²) in [7, 11) is 0. The minimum absolute atomic E-state index is 0.135. The van der Waals surface area contributed by atoms with Crippen LogP contribution in [0, 0.1) is 3.57 Å². The molecule has 0 bridgehead atoms. The molecule has 2 nitrogen and oxygen atoms in total. The van der Waals surface area contributed by atoms with Gasteiger partial charge in [0.2, 0.25) is 0 Å². The lowest BCUT2D eigenvalue weighted by molar-refractivity contribution is 0.515. The average molecular weight is 393 g/mol. The second kappa shape index (κ2) is 6.86. The molecule has 1 aromatic heterocycles. The van der Waals surface area contributed by atoms with E-state index >= 15 is 0 Å². The van der Waals surface area contributed by atoms with Gasteiger partial charge in [-0.2, -0.15) is 11.3 Å². The number of nitrogens with two attached hydrogens (primary N) is 1. The third-order valence-electron chi connectivity index (χ3n) is 2.84. The molecule has 0 aliphatic rings. The largest absolute Gasteiger partial charge is 0.271 e. The summed E-state index contributed by atoms with van der Waals surface area (Å²) in [5.74, 6) is 5.67. The molecule has 2 aromatic rings. The van der Waals surface area contributed by atoms with E-state index in [1.807, 2.05) is 18.2 Å². The van der Waals surface area contributed by atoms with E-state index in [4.69, 9.17) is 17.4 Å². The highest BCUT2D eigenvalue weighted by molar-refractivity contribution is 14.1. The van der Waals surface area contributed by atoms with Crippen LogP contribution in [0.3, 0.4) is 0 Å². The lowest BCUT2D eigenvalue weighted by Gasteiger charge is -2.18. The second-order valence-electron chi connectivity index (χ2n) is 4.06. The summed E-state index contributed by atoms with van der Waals surface area (Å²) < 4.78 is 1.19. The molecule has 1 aromatic carbocycles. The van der Waals surface area contributed by atoms with E-state index in [2.05, 4.69) is 44.8 Å². The molecule has 0 spiro atoms. The van der Waals surface area contributed by atoms with Crippen molar-refractivity contribution in [3.8, 4) is 0 Å². The van der Waals surface area contributed by atoms with Gasteiger partial charge < -0.3 is 0 Å². The second-order valence-corrected chi connectivity index (χ2v) is 6.43. The first-order valence-corrected chi connectivity index (χ1v) is 8.03. The number of benzene rings is 1. The number of aryl methyl sites for hydroxylation is 1. The van der Waals surface area contributed by atoms with Gasteiger partial charge in [-0.15, -0.1) is 0 Å². The van der Waals surface area contributed by atoms with E-state index in [0.717, 1.165) is 17.9 Å². The number of thiophene rings is 1. The van der Waals surface area contributed by atoms with Crippen LogP contribution < -0.4 is 11.3 Å². The molecule has 3 N–H and O–H groups in total. The Bertz CT molecular complexity index is 502. The van der Waals surface area contributed by atoms with Crippen LogP contribution in [0.25, 0.3) is 0 Å². The normalized spacial score (nSPS) is 12.6. The van der Waals surface area contributed by atoms with Gasteiger partial charge in [-0.1, -0.05) is 11.6 Å². The summed E-state index contributed by atoms with van der Waals surface area (Å²) >= 11 is 10.1. The zero-order chi connectivity index (χ0) is 13.0. The molecule has 0 aliphatic heterocycles. The molecule has 2 rings (SSSR count). The maximum atomic E-state index is 6.05. The smallest absolute Gasteiger partial charge is 0.0474 e. The van der Waals surface area contributed by atoms with E-state index in [9.17, 15) is 0 Å². The van der Waals surface area contributed by atoms with Gasteiger partial charge in [-0.3, -0.25) is 11.3 Å². The van der Waals surface area contributed by atoms with Crippen LogP contribution in [0.1, 0.15) is 23.6 Å². The number of halogens is 2. The van der Waals surface area contributed by atoms with Crippen LogP contribution in [0.2, 0.25) is 5.02 Å². The molecule has 0 saturated carbocycles. The Balaban J connectivity index is 2.10. The van der Waals surface area contributed by atoms with Gasteiger partial charge in [0.15, 0.2) is 0 Å². The first-order chi connectivity index (χ1) is 8.70. The zero-order valence-corrected chi connectivity index (χ0v) is 13.4. The van der Waals surface area contributed by atoms with Gasteiger partial charge in [0.05, 0.1) is 0 Å². The standard InChI is InChI=1S/C13H14ClIN2S/c14-10-2-3-12(15)11(7-10)13(17-16)4-1-9-5-6-18-8-9/h2-3,5-8,13,17H,1,4,16H2. The molecule has 1 heterocycles. The van der Waals surface area contributed by atoms with Crippen molar-refractivity contribution in [3.05, 3.63) is 54.7 Å². The van der Waals surface area contributed by atoms with Crippen LogP contribution in [0.15, 0.2) is 35.0 Å². The van der Waals surface area contributed by atoms with E-state index in [0.29, 0.717) is 0 Å².